The summed E-state index contributed by atoms with van der Waals surface area (Å²) in [6, 6.07) is 9.38. The second-order valence-corrected chi connectivity index (χ2v) is 6.46. The minimum atomic E-state index is -0.436. The van der Waals surface area contributed by atoms with E-state index in [1.807, 2.05) is 38.0 Å². The first-order valence-electron chi connectivity index (χ1n) is 7.89. The molecule has 0 aromatic heterocycles. The van der Waals surface area contributed by atoms with Gasteiger partial charge in [-0.15, -0.1) is 0 Å². The van der Waals surface area contributed by atoms with Crippen molar-refractivity contribution in [1.29, 1.82) is 0 Å². The average Bonchev–Trinajstić information content (AvgIpc) is 2.87. The molecule has 3 rings (SSSR count). The fraction of sp³-hybridized carbons (Fsp3) is 0.222. The van der Waals surface area contributed by atoms with E-state index < -0.39 is 9.85 Å². The van der Waals surface area contributed by atoms with Crippen LogP contribution in [0.5, 0.6) is 0 Å². The molecule has 26 heavy (non-hydrogen) atoms. The van der Waals surface area contributed by atoms with Crippen LogP contribution >= 0.6 is 0 Å². The summed E-state index contributed by atoms with van der Waals surface area (Å²) >= 11 is 0. The molecule has 1 aliphatic rings. The van der Waals surface area contributed by atoms with Crippen molar-refractivity contribution in [2.24, 2.45) is 0 Å². The second kappa shape index (κ2) is 6.14. The third-order valence-electron chi connectivity index (χ3n) is 4.33. The molecule has 0 saturated carbocycles. The Morgan fingerprint density at radius 3 is 1.42 bits per heavy atom. The molecule has 2 aromatic carbocycles. The molecule has 8 heteroatoms. The van der Waals surface area contributed by atoms with E-state index in [0.717, 1.165) is 22.5 Å². The van der Waals surface area contributed by atoms with Crippen LogP contribution < -0.4 is 0 Å². The van der Waals surface area contributed by atoms with Crippen molar-refractivity contribution in [3.63, 3.8) is 0 Å². The van der Waals surface area contributed by atoms with E-state index in [2.05, 4.69) is 0 Å². The quantitative estimate of drug-likeness (QED) is 0.527. The molecule has 0 unspecified atom stereocenters. The summed E-state index contributed by atoms with van der Waals surface area (Å²) in [5.41, 5.74) is 3.78. The van der Waals surface area contributed by atoms with Gasteiger partial charge in [-0.25, -0.2) is 0 Å². The number of non-ortho nitro benzene ring substituents is 2. The first kappa shape index (κ1) is 17.4. The SMILES string of the molecule is CN(C)C(=C1c2cc([N+](=O)[O-])ccc2-c2ccc([N+](=O)[O-])cc21)N(C)C. The van der Waals surface area contributed by atoms with Crippen LogP contribution in [0.1, 0.15) is 11.1 Å². The molecule has 0 heterocycles. The molecule has 0 atom stereocenters. The van der Waals surface area contributed by atoms with Crippen molar-refractivity contribution >= 4 is 16.9 Å². The number of rotatable bonds is 4. The van der Waals surface area contributed by atoms with E-state index in [-0.39, 0.29) is 11.4 Å². The molecule has 0 spiro atoms. The molecular weight excluding hydrogens is 336 g/mol. The highest BCUT2D eigenvalue weighted by Gasteiger charge is 2.31. The van der Waals surface area contributed by atoms with E-state index in [9.17, 15) is 20.2 Å². The summed E-state index contributed by atoms with van der Waals surface area (Å²) in [4.78, 5) is 25.4. The minimum absolute atomic E-state index is 0.0135. The predicted molar refractivity (Wildman–Crippen MR) is 98.6 cm³/mol. The van der Waals surface area contributed by atoms with Gasteiger partial charge in [-0.2, -0.15) is 0 Å². The molecule has 2 aromatic rings. The van der Waals surface area contributed by atoms with Crippen molar-refractivity contribution in [2.45, 2.75) is 0 Å². The number of hydrogen-bond donors (Lipinski definition) is 0. The maximum atomic E-state index is 11.2. The van der Waals surface area contributed by atoms with Crippen LogP contribution in [0.3, 0.4) is 0 Å². The van der Waals surface area contributed by atoms with Gasteiger partial charge in [-0.1, -0.05) is 0 Å². The average molecular weight is 354 g/mol. The Hall–Kier alpha value is -3.42. The molecule has 0 fully saturated rings. The van der Waals surface area contributed by atoms with Crippen molar-refractivity contribution in [3.8, 4) is 11.1 Å². The molecule has 0 N–H and O–H groups in total. The number of nitrogens with zero attached hydrogens (tertiary/aromatic N) is 4. The lowest BCUT2D eigenvalue weighted by Crippen LogP contribution is -2.26. The third kappa shape index (κ3) is 2.65. The van der Waals surface area contributed by atoms with Gasteiger partial charge >= 0.3 is 0 Å². The molecule has 8 nitrogen and oxygen atoms in total. The molecule has 0 aliphatic heterocycles. The molecule has 0 saturated heterocycles. The van der Waals surface area contributed by atoms with E-state index in [1.165, 1.54) is 24.3 Å². The normalized spacial score (nSPS) is 11.6. The Balaban J connectivity index is 2.41. The van der Waals surface area contributed by atoms with Crippen LogP contribution in [-0.2, 0) is 0 Å². The fourth-order valence-electron chi connectivity index (χ4n) is 3.41. The largest absolute Gasteiger partial charge is 0.364 e. The summed E-state index contributed by atoms with van der Waals surface area (Å²) in [6.45, 7) is 0. The van der Waals surface area contributed by atoms with Gasteiger partial charge in [0.2, 0.25) is 0 Å². The first-order chi connectivity index (χ1) is 12.2. The zero-order valence-electron chi connectivity index (χ0n) is 14.9. The van der Waals surface area contributed by atoms with Gasteiger partial charge in [0.15, 0.2) is 0 Å². The number of nitro benzene ring substituents is 2. The predicted octanol–water partition coefficient (Wildman–Crippen LogP) is 3.32. The van der Waals surface area contributed by atoms with Crippen LogP contribution in [0.15, 0.2) is 42.2 Å². The lowest BCUT2D eigenvalue weighted by Gasteiger charge is -2.27. The molecule has 0 radical (unpaired) electrons. The van der Waals surface area contributed by atoms with E-state index >= 15 is 0 Å². The molecule has 0 bridgehead atoms. The maximum Gasteiger partial charge on any atom is 0.270 e. The zero-order valence-corrected chi connectivity index (χ0v) is 14.9. The lowest BCUT2D eigenvalue weighted by atomic mass is 10.0. The number of hydrogen-bond acceptors (Lipinski definition) is 6. The molecule has 134 valence electrons. The van der Waals surface area contributed by atoms with Gasteiger partial charge in [0.05, 0.1) is 9.85 Å². The summed E-state index contributed by atoms with van der Waals surface area (Å²) in [5.74, 6) is 0.811. The first-order valence-corrected chi connectivity index (χ1v) is 7.89. The lowest BCUT2D eigenvalue weighted by molar-refractivity contribution is -0.385. The van der Waals surface area contributed by atoms with Gasteiger partial charge in [-0.3, -0.25) is 20.2 Å². The number of fused-ring (bicyclic) bond motifs is 3. The summed E-state index contributed by atoms with van der Waals surface area (Å²) in [6.07, 6.45) is 0. The summed E-state index contributed by atoms with van der Waals surface area (Å²) in [5, 5.41) is 22.5. The van der Waals surface area contributed by atoms with Crippen LogP contribution in [0.2, 0.25) is 0 Å². The highest BCUT2D eigenvalue weighted by atomic mass is 16.6. The van der Waals surface area contributed by atoms with Crippen molar-refractivity contribution < 1.29 is 9.85 Å². The monoisotopic (exact) mass is 354 g/mol. The molecule has 1 aliphatic carbocycles. The van der Waals surface area contributed by atoms with Crippen LogP contribution in [0.4, 0.5) is 11.4 Å². The topological polar surface area (TPSA) is 92.8 Å². The molecular formula is C18H18N4O4. The Morgan fingerprint density at radius 2 is 1.12 bits per heavy atom. The van der Waals surface area contributed by atoms with Crippen molar-refractivity contribution in [2.75, 3.05) is 28.2 Å². The summed E-state index contributed by atoms with van der Waals surface area (Å²) in [7, 11) is 7.48. The Labute approximate surface area is 150 Å². The van der Waals surface area contributed by atoms with Gasteiger partial charge < -0.3 is 9.80 Å². The fourth-order valence-corrected chi connectivity index (χ4v) is 3.41. The second-order valence-electron chi connectivity index (χ2n) is 6.46. The number of nitro groups is 2. The minimum Gasteiger partial charge on any atom is -0.364 e. The van der Waals surface area contributed by atoms with Crippen LogP contribution in [-0.4, -0.2) is 47.8 Å². The van der Waals surface area contributed by atoms with E-state index in [0.29, 0.717) is 11.1 Å². The van der Waals surface area contributed by atoms with Crippen LogP contribution in [0, 0.1) is 20.2 Å². The van der Waals surface area contributed by atoms with Crippen molar-refractivity contribution in [3.05, 3.63) is 73.6 Å². The number of benzene rings is 2. The molecule has 0 amide bonds. The van der Waals surface area contributed by atoms with Crippen molar-refractivity contribution in [1.82, 2.24) is 9.80 Å². The van der Waals surface area contributed by atoms with E-state index in [4.69, 9.17) is 0 Å². The zero-order chi connectivity index (χ0) is 19.2. The highest BCUT2D eigenvalue weighted by Crippen LogP contribution is 2.48. The Morgan fingerprint density at radius 1 is 0.731 bits per heavy atom. The summed E-state index contributed by atoms with van der Waals surface area (Å²) < 4.78 is 0. The van der Waals surface area contributed by atoms with Gasteiger partial charge in [-0.05, 0) is 23.3 Å². The van der Waals surface area contributed by atoms with E-state index in [1.54, 1.807) is 12.1 Å². The maximum absolute atomic E-state index is 11.2. The van der Waals surface area contributed by atoms with Gasteiger partial charge in [0, 0.05) is 69.2 Å². The third-order valence-corrected chi connectivity index (χ3v) is 4.33. The van der Waals surface area contributed by atoms with Gasteiger partial charge in [0.1, 0.15) is 5.82 Å². The highest BCUT2D eigenvalue weighted by molar-refractivity contribution is 6.03. The smallest absolute Gasteiger partial charge is 0.270 e. The standard InChI is InChI=1S/C18H18N4O4/c1-19(2)18(20(3)4)17-15-9-11(21(23)24)5-7-13(15)14-8-6-12(22(25)26)10-16(14)17/h5-10H,1-4H3. The van der Waals surface area contributed by atoms with Gasteiger partial charge in [0.25, 0.3) is 11.4 Å². The Bertz CT molecular complexity index is 888. The van der Waals surface area contributed by atoms with Crippen LogP contribution in [0.25, 0.3) is 16.7 Å². The Kier molecular flexibility index (Phi) is 4.11.